The minimum atomic E-state index is -0.602. The van der Waals surface area contributed by atoms with Gasteiger partial charge in [-0.2, -0.15) is 0 Å². The van der Waals surface area contributed by atoms with E-state index in [4.69, 9.17) is 27.9 Å². The minimum absolute atomic E-state index is 0.166. The van der Waals surface area contributed by atoms with Gasteiger partial charge in [-0.25, -0.2) is 4.79 Å². The zero-order chi connectivity index (χ0) is 16.3. The molecule has 0 bridgehead atoms. The molecule has 2 rings (SSSR count). The highest BCUT2D eigenvalue weighted by atomic mass is 35.5. The van der Waals surface area contributed by atoms with Crippen molar-refractivity contribution < 1.29 is 14.3 Å². The molecule has 1 aromatic rings. The second-order valence-corrected chi connectivity index (χ2v) is 6.54. The molecule has 1 fully saturated rings. The van der Waals surface area contributed by atoms with E-state index < -0.39 is 5.97 Å². The van der Waals surface area contributed by atoms with Crippen LogP contribution in [0.4, 0.5) is 0 Å². The van der Waals surface area contributed by atoms with E-state index >= 15 is 0 Å². The fourth-order valence-corrected chi connectivity index (χ4v) is 3.40. The Morgan fingerprint density at radius 1 is 1.14 bits per heavy atom. The van der Waals surface area contributed by atoms with Gasteiger partial charge in [0.25, 0.3) is 5.91 Å². The number of carbonyl (C=O) groups is 2. The van der Waals surface area contributed by atoms with Crippen molar-refractivity contribution in [1.29, 1.82) is 0 Å². The van der Waals surface area contributed by atoms with Crippen molar-refractivity contribution in [2.45, 2.75) is 45.2 Å². The number of hydrogen-bond donors (Lipinski definition) is 0. The predicted molar refractivity (Wildman–Crippen MR) is 86.4 cm³/mol. The monoisotopic (exact) mass is 343 g/mol. The van der Waals surface area contributed by atoms with Gasteiger partial charge in [0.15, 0.2) is 6.61 Å². The molecule has 1 amide bonds. The minimum Gasteiger partial charge on any atom is -0.452 e. The lowest BCUT2D eigenvalue weighted by Gasteiger charge is -2.38. The number of likely N-dealkylation sites (tertiary alicyclic amines) is 1. The summed E-state index contributed by atoms with van der Waals surface area (Å²) >= 11 is 11.7. The predicted octanol–water partition coefficient (Wildman–Crippen LogP) is 3.94. The first kappa shape index (κ1) is 17.1. The molecule has 120 valence electrons. The van der Waals surface area contributed by atoms with Gasteiger partial charge in [-0.05, 0) is 51.3 Å². The number of carbonyl (C=O) groups excluding carboxylic acids is 2. The summed E-state index contributed by atoms with van der Waals surface area (Å²) in [7, 11) is 0. The number of hydrogen-bond acceptors (Lipinski definition) is 3. The molecule has 0 aliphatic carbocycles. The first-order valence-corrected chi connectivity index (χ1v) is 8.08. The van der Waals surface area contributed by atoms with Crippen LogP contribution in [-0.4, -0.2) is 35.5 Å². The van der Waals surface area contributed by atoms with E-state index in [2.05, 4.69) is 0 Å². The zero-order valence-corrected chi connectivity index (χ0v) is 14.2. The molecule has 0 unspecified atom stereocenters. The second-order valence-electron chi connectivity index (χ2n) is 5.66. The van der Waals surface area contributed by atoms with E-state index in [1.54, 1.807) is 0 Å². The summed E-state index contributed by atoms with van der Waals surface area (Å²) < 4.78 is 5.10. The van der Waals surface area contributed by atoms with Crippen LogP contribution in [0.3, 0.4) is 0 Å². The molecule has 2 atom stereocenters. The maximum Gasteiger partial charge on any atom is 0.338 e. The Hall–Kier alpha value is -1.26. The van der Waals surface area contributed by atoms with Gasteiger partial charge in [-0.1, -0.05) is 23.2 Å². The molecule has 1 aliphatic rings. The summed E-state index contributed by atoms with van der Waals surface area (Å²) in [5.74, 6) is -0.767. The topological polar surface area (TPSA) is 46.6 Å². The molecule has 1 aliphatic heterocycles. The van der Waals surface area contributed by atoms with Gasteiger partial charge >= 0.3 is 5.97 Å². The van der Waals surface area contributed by atoms with Crippen molar-refractivity contribution in [3.05, 3.63) is 33.8 Å². The van der Waals surface area contributed by atoms with E-state index in [0.29, 0.717) is 10.0 Å². The largest absolute Gasteiger partial charge is 0.452 e. The number of nitrogens with zero attached hydrogens (tertiary/aromatic N) is 1. The average molecular weight is 344 g/mol. The highest BCUT2D eigenvalue weighted by molar-refractivity contribution is 6.35. The highest BCUT2D eigenvalue weighted by Gasteiger charge is 2.29. The molecule has 0 radical (unpaired) electrons. The Morgan fingerprint density at radius 2 is 1.68 bits per heavy atom. The molecule has 0 N–H and O–H groups in total. The molecule has 0 aromatic heterocycles. The smallest absolute Gasteiger partial charge is 0.338 e. The molecule has 4 nitrogen and oxygen atoms in total. The maximum absolute atomic E-state index is 12.3. The molecule has 0 saturated carbocycles. The fraction of sp³-hybridized carbons (Fsp3) is 0.500. The van der Waals surface area contributed by atoms with Crippen LogP contribution in [0.2, 0.25) is 10.0 Å². The molecule has 1 saturated heterocycles. The molecule has 1 aromatic carbocycles. The van der Waals surface area contributed by atoms with Crippen molar-refractivity contribution in [2.75, 3.05) is 6.61 Å². The first-order chi connectivity index (χ1) is 10.4. The lowest BCUT2D eigenvalue weighted by Crippen LogP contribution is -2.49. The van der Waals surface area contributed by atoms with E-state index in [1.165, 1.54) is 18.2 Å². The van der Waals surface area contributed by atoms with Crippen LogP contribution in [0, 0.1) is 0 Å². The summed E-state index contributed by atoms with van der Waals surface area (Å²) in [6.45, 7) is 3.77. The summed E-state index contributed by atoms with van der Waals surface area (Å²) in [5, 5.41) is 0.702. The van der Waals surface area contributed by atoms with Gasteiger partial charge in [0.1, 0.15) is 0 Å². The van der Waals surface area contributed by atoms with Crippen molar-refractivity contribution >= 4 is 35.1 Å². The Morgan fingerprint density at radius 3 is 2.23 bits per heavy atom. The van der Waals surface area contributed by atoms with Crippen molar-refractivity contribution in [1.82, 2.24) is 4.90 Å². The number of amides is 1. The van der Waals surface area contributed by atoms with E-state index in [9.17, 15) is 9.59 Å². The van der Waals surface area contributed by atoms with Crippen LogP contribution in [0.15, 0.2) is 18.2 Å². The SMILES string of the molecule is C[C@@H]1CCC[C@@H](C)N1C(=O)COC(=O)c1cc(Cl)cc(Cl)c1. The summed E-state index contributed by atoms with van der Waals surface area (Å²) in [6, 6.07) is 4.81. The van der Waals surface area contributed by atoms with Crippen molar-refractivity contribution in [3.8, 4) is 0 Å². The molecule has 1 heterocycles. The van der Waals surface area contributed by atoms with Gasteiger partial charge in [0.2, 0.25) is 0 Å². The summed E-state index contributed by atoms with van der Waals surface area (Å²) in [4.78, 5) is 26.1. The number of halogens is 2. The van der Waals surface area contributed by atoms with Gasteiger partial charge in [0, 0.05) is 22.1 Å². The maximum atomic E-state index is 12.3. The molecular formula is C16H19Cl2NO3. The Balaban J connectivity index is 1.96. The fourth-order valence-electron chi connectivity index (χ4n) is 2.87. The van der Waals surface area contributed by atoms with E-state index in [1.807, 2.05) is 18.7 Å². The van der Waals surface area contributed by atoms with Gasteiger partial charge in [0.05, 0.1) is 5.56 Å². The number of esters is 1. The van der Waals surface area contributed by atoms with E-state index in [0.717, 1.165) is 19.3 Å². The highest BCUT2D eigenvalue weighted by Crippen LogP contribution is 2.23. The Bertz CT molecular complexity index is 546. The van der Waals surface area contributed by atoms with Crippen LogP contribution in [0.1, 0.15) is 43.5 Å². The van der Waals surface area contributed by atoms with Crippen molar-refractivity contribution in [2.24, 2.45) is 0 Å². The quantitative estimate of drug-likeness (QED) is 0.781. The normalized spacial score (nSPS) is 21.5. The zero-order valence-electron chi connectivity index (χ0n) is 12.6. The molecule has 22 heavy (non-hydrogen) atoms. The third-order valence-corrected chi connectivity index (χ3v) is 4.34. The number of ether oxygens (including phenoxy) is 1. The lowest BCUT2D eigenvalue weighted by molar-refractivity contribution is -0.140. The third-order valence-electron chi connectivity index (χ3n) is 3.91. The van der Waals surface area contributed by atoms with Gasteiger partial charge in [-0.3, -0.25) is 4.79 Å². The summed E-state index contributed by atoms with van der Waals surface area (Å²) in [5.41, 5.74) is 0.241. The van der Waals surface area contributed by atoms with Crippen LogP contribution >= 0.6 is 23.2 Å². The molecule has 0 spiro atoms. The van der Waals surface area contributed by atoms with E-state index in [-0.39, 0.29) is 30.2 Å². The second kappa shape index (κ2) is 7.34. The number of rotatable bonds is 3. The first-order valence-electron chi connectivity index (χ1n) is 7.33. The number of piperidine rings is 1. The Kier molecular flexibility index (Phi) is 5.70. The van der Waals surface area contributed by atoms with Crippen LogP contribution in [-0.2, 0) is 9.53 Å². The van der Waals surface area contributed by atoms with Gasteiger partial charge in [-0.15, -0.1) is 0 Å². The van der Waals surface area contributed by atoms with Crippen LogP contribution < -0.4 is 0 Å². The summed E-state index contributed by atoms with van der Waals surface area (Å²) in [6.07, 6.45) is 3.08. The van der Waals surface area contributed by atoms with Crippen molar-refractivity contribution in [3.63, 3.8) is 0 Å². The Labute approximate surface area is 140 Å². The number of benzene rings is 1. The lowest BCUT2D eigenvalue weighted by atomic mass is 9.97. The average Bonchev–Trinajstić information content (AvgIpc) is 2.43. The standard InChI is InChI=1S/C16H19Cl2NO3/c1-10-4-3-5-11(2)19(10)15(20)9-22-16(21)12-6-13(17)8-14(18)7-12/h6-8,10-11H,3-5,9H2,1-2H3/t10-,11-/m1/s1. The third kappa shape index (κ3) is 4.14. The molecule has 6 heteroatoms. The van der Waals surface area contributed by atoms with Crippen LogP contribution in [0.25, 0.3) is 0 Å². The molecular weight excluding hydrogens is 325 g/mol. The van der Waals surface area contributed by atoms with Gasteiger partial charge < -0.3 is 9.64 Å². The van der Waals surface area contributed by atoms with Crippen LogP contribution in [0.5, 0.6) is 0 Å².